The Morgan fingerprint density at radius 2 is 1.39 bits per heavy atom. The van der Waals surface area contributed by atoms with Crippen molar-refractivity contribution in [3.8, 4) is 0 Å². The Bertz CT molecular complexity index is 1020. The van der Waals surface area contributed by atoms with Gasteiger partial charge >= 0.3 is 25.3 Å². The maximum atomic E-state index is 13.0. The molecular formula is C30H49BN2O8. The molecule has 1 aliphatic heterocycles. The summed E-state index contributed by atoms with van der Waals surface area (Å²) in [6, 6.07) is 6.57. The third-order valence-electron chi connectivity index (χ3n) is 7.25. The second-order valence-corrected chi connectivity index (χ2v) is 13.7. The lowest BCUT2D eigenvalue weighted by Gasteiger charge is -2.33. The Hall–Kier alpha value is -2.63. The largest absolute Gasteiger partial charge is 0.494 e. The summed E-state index contributed by atoms with van der Waals surface area (Å²) in [7, 11) is -0.429. The van der Waals surface area contributed by atoms with Gasteiger partial charge in [0.2, 0.25) is 0 Å². The van der Waals surface area contributed by atoms with Crippen molar-refractivity contribution < 1.29 is 38.3 Å². The maximum Gasteiger partial charge on any atom is 0.494 e. The fourth-order valence-electron chi connectivity index (χ4n) is 4.33. The summed E-state index contributed by atoms with van der Waals surface area (Å²) in [5.41, 5.74) is 5.37. The number of rotatable bonds is 10. The van der Waals surface area contributed by atoms with Gasteiger partial charge in [-0.2, -0.15) is 4.90 Å². The van der Waals surface area contributed by atoms with Crippen molar-refractivity contribution in [3.05, 3.63) is 29.8 Å². The monoisotopic (exact) mass is 576 g/mol. The second-order valence-electron chi connectivity index (χ2n) is 13.7. The van der Waals surface area contributed by atoms with Crippen molar-refractivity contribution in [1.82, 2.24) is 4.90 Å². The predicted molar refractivity (Wildman–Crippen MR) is 158 cm³/mol. The van der Waals surface area contributed by atoms with Crippen LogP contribution in [0.4, 0.5) is 9.59 Å². The number of carbonyl (C=O) groups is 3. The zero-order valence-electron chi connectivity index (χ0n) is 26.4. The molecule has 0 spiro atoms. The van der Waals surface area contributed by atoms with Crippen molar-refractivity contribution in [2.24, 2.45) is 11.7 Å². The molecule has 0 aromatic heterocycles. The Morgan fingerprint density at radius 3 is 1.78 bits per heavy atom. The van der Waals surface area contributed by atoms with Crippen LogP contribution in [0.15, 0.2) is 24.3 Å². The molecule has 0 saturated carbocycles. The fraction of sp³-hybridized carbons (Fsp3) is 0.700. The molecule has 1 heterocycles. The van der Waals surface area contributed by atoms with E-state index in [-0.39, 0.29) is 18.9 Å². The summed E-state index contributed by atoms with van der Waals surface area (Å²) in [4.78, 5) is 38.9. The summed E-state index contributed by atoms with van der Waals surface area (Å²) in [6.45, 7) is 18.1. The van der Waals surface area contributed by atoms with Gasteiger partial charge in [0.25, 0.3) is 0 Å². The summed E-state index contributed by atoms with van der Waals surface area (Å²) >= 11 is 0. The smallest absolute Gasteiger partial charge is 0.480 e. The van der Waals surface area contributed by atoms with E-state index in [0.29, 0.717) is 11.3 Å². The predicted octanol–water partition coefficient (Wildman–Crippen LogP) is 4.90. The van der Waals surface area contributed by atoms with Crippen LogP contribution in [-0.4, -0.2) is 70.3 Å². The first-order valence-electron chi connectivity index (χ1n) is 14.3. The van der Waals surface area contributed by atoms with Crippen LogP contribution in [0.25, 0.3) is 0 Å². The topological polar surface area (TPSA) is 138 Å². The first kappa shape index (κ1) is 34.6. The van der Waals surface area contributed by atoms with Crippen LogP contribution >= 0.6 is 0 Å². The van der Waals surface area contributed by atoms with Crippen molar-refractivity contribution in [2.45, 2.75) is 123 Å². The van der Waals surface area contributed by atoms with Gasteiger partial charge in [0.15, 0.2) is 0 Å². The number of hydrogen-bond acceptors (Lipinski definition) is 8. The average Bonchev–Trinajstić information content (AvgIpc) is 3.02. The number of carbonyl (C=O) groups excluding carboxylic acids is 2. The van der Waals surface area contributed by atoms with Crippen LogP contribution in [-0.2, 0) is 30.0 Å². The van der Waals surface area contributed by atoms with Gasteiger partial charge in [-0.05, 0) is 118 Å². The highest BCUT2D eigenvalue weighted by molar-refractivity contribution is 6.62. The summed E-state index contributed by atoms with van der Waals surface area (Å²) in [5, 5.41) is 10.0. The van der Waals surface area contributed by atoms with Gasteiger partial charge in [0, 0.05) is 0 Å². The number of hydrogen-bond donors (Lipinski definition) is 2. The minimum atomic E-state index is -1.49. The summed E-state index contributed by atoms with van der Waals surface area (Å²) < 4.78 is 23.0. The molecule has 230 valence electrons. The van der Waals surface area contributed by atoms with Crippen LogP contribution < -0.4 is 11.2 Å². The fourth-order valence-corrected chi connectivity index (χ4v) is 4.33. The van der Waals surface area contributed by atoms with Crippen LogP contribution in [0.1, 0.15) is 94.1 Å². The van der Waals surface area contributed by atoms with E-state index in [1.54, 1.807) is 41.5 Å². The van der Waals surface area contributed by atoms with Gasteiger partial charge in [0.05, 0.1) is 11.2 Å². The highest BCUT2D eigenvalue weighted by atomic mass is 16.7. The Morgan fingerprint density at radius 1 is 0.927 bits per heavy atom. The molecule has 41 heavy (non-hydrogen) atoms. The molecule has 0 bridgehead atoms. The number of nitrogens with zero attached hydrogens (tertiary/aromatic N) is 1. The normalized spacial score (nSPS) is 18.0. The van der Waals surface area contributed by atoms with Gasteiger partial charge < -0.3 is 29.6 Å². The van der Waals surface area contributed by atoms with E-state index in [0.717, 1.165) is 23.9 Å². The van der Waals surface area contributed by atoms with Crippen LogP contribution in [0.2, 0.25) is 0 Å². The number of carboxylic acids is 1. The van der Waals surface area contributed by atoms with Gasteiger partial charge in [-0.15, -0.1) is 0 Å². The first-order valence-corrected chi connectivity index (χ1v) is 14.3. The van der Waals surface area contributed by atoms with Gasteiger partial charge in [0.1, 0.15) is 17.2 Å². The molecule has 10 nitrogen and oxygen atoms in total. The van der Waals surface area contributed by atoms with E-state index in [1.807, 2.05) is 52.0 Å². The number of amides is 2. The highest BCUT2D eigenvalue weighted by Crippen LogP contribution is 2.36. The average molecular weight is 577 g/mol. The summed E-state index contributed by atoms with van der Waals surface area (Å²) in [5.74, 6) is -1.59. The zero-order valence-corrected chi connectivity index (χ0v) is 26.4. The SMILES string of the molecule is CC(C)(C)OC(=O)N(C(=O)OC(C)(C)C)[C@@H](CC(CN)CCCc1ccc(B2OC(C)(C)C(C)(C)O2)cc1)C(=O)O. The molecule has 11 heteroatoms. The maximum absolute atomic E-state index is 13.0. The van der Waals surface area contributed by atoms with E-state index in [4.69, 9.17) is 24.5 Å². The van der Waals surface area contributed by atoms with E-state index in [9.17, 15) is 19.5 Å². The molecule has 2 rings (SSSR count). The third-order valence-corrected chi connectivity index (χ3v) is 7.25. The van der Waals surface area contributed by atoms with Crippen molar-refractivity contribution >= 4 is 30.7 Å². The second kappa shape index (κ2) is 13.1. The molecule has 2 amide bonds. The molecule has 3 N–H and O–H groups in total. The van der Waals surface area contributed by atoms with Crippen LogP contribution in [0.5, 0.6) is 0 Å². The molecule has 1 unspecified atom stereocenters. The lowest BCUT2D eigenvalue weighted by Crippen LogP contribution is -2.52. The number of carboxylic acid groups (broad SMARTS) is 1. The third kappa shape index (κ3) is 10.0. The molecule has 1 saturated heterocycles. The Labute approximate surface area is 245 Å². The van der Waals surface area contributed by atoms with Gasteiger partial charge in [-0.1, -0.05) is 24.3 Å². The summed E-state index contributed by atoms with van der Waals surface area (Å²) in [6.07, 6.45) is -0.0714. The lowest BCUT2D eigenvalue weighted by atomic mass is 9.78. The van der Waals surface area contributed by atoms with Crippen LogP contribution in [0, 0.1) is 5.92 Å². The lowest BCUT2D eigenvalue weighted by molar-refractivity contribution is -0.143. The Balaban J connectivity index is 2.08. The van der Waals surface area contributed by atoms with Crippen molar-refractivity contribution in [3.63, 3.8) is 0 Å². The molecule has 0 radical (unpaired) electrons. The van der Waals surface area contributed by atoms with Crippen LogP contribution in [0.3, 0.4) is 0 Å². The molecule has 0 aliphatic carbocycles. The minimum absolute atomic E-state index is 0.0226. The van der Waals surface area contributed by atoms with E-state index >= 15 is 0 Å². The highest BCUT2D eigenvalue weighted by Gasteiger charge is 2.51. The molecule has 1 fully saturated rings. The minimum Gasteiger partial charge on any atom is -0.480 e. The number of aryl methyl sites for hydroxylation is 1. The van der Waals surface area contributed by atoms with Crippen molar-refractivity contribution in [2.75, 3.05) is 6.54 Å². The number of nitrogens with two attached hydrogens (primary N) is 1. The van der Waals surface area contributed by atoms with E-state index in [1.165, 1.54) is 0 Å². The molecule has 1 aliphatic rings. The number of benzene rings is 1. The molecule has 1 aromatic carbocycles. The van der Waals surface area contributed by atoms with Gasteiger partial charge in [-0.25, -0.2) is 14.4 Å². The standard InChI is InChI=1S/C30H49BN2O8/c1-27(2,3)38-25(36)33(26(37)39-28(4,5)6)23(24(34)35)18-21(19-32)13-11-12-20-14-16-22(17-15-20)31-40-29(7,8)30(9,10)41-31/h14-17,21,23H,11-13,18-19,32H2,1-10H3,(H,34,35)/t21?,23-/m0/s1. The number of aliphatic carboxylic acids is 1. The van der Waals surface area contributed by atoms with E-state index in [2.05, 4.69) is 0 Å². The quantitative estimate of drug-likeness (QED) is 0.373. The zero-order chi connectivity index (χ0) is 31.4. The van der Waals surface area contributed by atoms with Gasteiger partial charge in [-0.3, -0.25) is 0 Å². The first-order chi connectivity index (χ1) is 18.7. The number of imide groups is 1. The molecule has 1 aromatic rings. The molecule has 2 atom stereocenters. The Kier molecular flexibility index (Phi) is 11.1. The van der Waals surface area contributed by atoms with Crippen molar-refractivity contribution in [1.29, 1.82) is 0 Å². The number of ether oxygens (including phenoxy) is 2. The van der Waals surface area contributed by atoms with E-state index < -0.39 is 53.7 Å². The molecular weight excluding hydrogens is 527 g/mol.